The molecule has 0 saturated carbocycles. The maximum atomic E-state index is 12.9. The van der Waals surface area contributed by atoms with E-state index in [9.17, 15) is 27.6 Å². The van der Waals surface area contributed by atoms with Crippen molar-refractivity contribution in [3.8, 4) is 0 Å². The van der Waals surface area contributed by atoms with Gasteiger partial charge in [-0.15, -0.1) is 0 Å². The fourth-order valence-corrected chi connectivity index (χ4v) is 4.33. The minimum absolute atomic E-state index is 0.158. The van der Waals surface area contributed by atoms with Crippen molar-refractivity contribution in [2.45, 2.75) is 24.5 Å². The van der Waals surface area contributed by atoms with Gasteiger partial charge in [-0.2, -0.15) is 8.42 Å². The van der Waals surface area contributed by atoms with Crippen molar-refractivity contribution in [3.63, 3.8) is 0 Å². The van der Waals surface area contributed by atoms with E-state index < -0.39 is 64.5 Å². The summed E-state index contributed by atoms with van der Waals surface area (Å²) in [6.45, 7) is -0.474. The van der Waals surface area contributed by atoms with Gasteiger partial charge in [-0.3, -0.25) is 18.5 Å². The first-order valence-corrected chi connectivity index (χ1v) is 12.8. The van der Waals surface area contributed by atoms with Crippen LogP contribution in [0.15, 0.2) is 82.5 Å². The first kappa shape index (κ1) is 26.0. The van der Waals surface area contributed by atoms with Gasteiger partial charge in [-0.1, -0.05) is 36.4 Å². The number of rotatable bonds is 8. The lowest BCUT2D eigenvalue weighted by Gasteiger charge is -2.24. The molecule has 1 aliphatic heterocycles. The van der Waals surface area contributed by atoms with Gasteiger partial charge >= 0.3 is 17.6 Å². The molecule has 1 N–H and O–H groups in total. The van der Waals surface area contributed by atoms with Gasteiger partial charge in [0.15, 0.2) is 18.4 Å². The molecule has 1 aliphatic rings. The summed E-state index contributed by atoms with van der Waals surface area (Å²) in [5, 5.41) is 0. The van der Waals surface area contributed by atoms with Crippen LogP contribution >= 0.6 is 0 Å². The van der Waals surface area contributed by atoms with Crippen LogP contribution in [-0.4, -0.2) is 61.1 Å². The maximum Gasteiger partial charge on any atom is 0.338 e. The Kier molecular flexibility index (Phi) is 7.66. The monoisotopic (exact) mass is 530 g/mol. The molecular weight excluding hydrogens is 508 g/mol. The molecule has 0 bridgehead atoms. The summed E-state index contributed by atoms with van der Waals surface area (Å²) < 4.78 is 47.1. The van der Waals surface area contributed by atoms with Crippen LogP contribution in [0.1, 0.15) is 26.9 Å². The predicted octanol–water partition coefficient (Wildman–Crippen LogP) is 0.861. The molecule has 4 rings (SSSR count). The lowest BCUT2D eigenvalue weighted by atomic mass is 10.1. The summed E-state index contributed by atoms with van der Waals surface area (Å²) in [5.41, 5.74) is -1.21. The van der Waals surface area contributed by atoms with E-state index in [1.165, 1.54) is 24.3 Å². The van der Waals surface area contributed by atoms with Gasteiger partial charge in [0.05, 0.1) is 17.4 Å². The summed E-state index contributed by atoms with van der Waals surface area (Å²) in [6.07, 6.45) is -3.84. The fourth-order valence-electron chi connectivity index (χ4n) is 3.72. The van der Waals surface area contributed by atoms with Crippen molar-refractivity contribution in [2.75, 3.05) is 12.9 Å². The highest BCUT2D eigenvalue weighted by Gasteiger charge is 2.51. The molecule has 0 radical (unpaired) electrons. The van der Waals surface area contributed by atoms with Crippen LogP contribution < -0.4 is 11.2 Å². The van der Waals surface area contributed by atoms with E-state index in [-0.39, 0.29) is 11.1 Å². The SMILES string of the molecule is CS(=O)(=O)O[C@@H]1[C@@H](OC(=O)c2ccccc2)[C@H](COC(=O)c2ccccc2)O[C@@H]1n1ccc(=O)[nH]c1=O. The molecule has 194 valence electrons. The van der Waals surface area contributed by atoms with Crippen LogP contribution in [0, 0.1) is 0 Å². The molecular formula is C24H22N2O10S. The first-order valence-electron chi connectivity index (χ1n) is 11.0. The van der Waals surface area contributed by atoms with Crippen LogP contribution in [0.3, 0.4) is 0 Å². The Morgan fingerprint density at radius 2 is 1.51 bits per heavy atom. The topological polar surface area (TPSA) is 160 Å². The third kappa shape index (κ3) is 6.39. The standard InChI is InChI=1S/C24H22N2O10S/c1-37(31,32)36-20-19(35-23(29)16-10-6-3-7-11-16)17(14-33-22(28)15-8-4-2-5-9-15)34-21(20)26-13-12-18(27)25-24(26)30/h2-13,17,19-21H,14H2,1H3,(H,25,27,30)/t17-,19-,20+,21-/m0/s1. The molecule has 12 nitrogen and oxygen atoms in total. The van der Waals surface area contributed by atoms with Gasteiger partial charge in [0.25, 0.3) is 15.7 Å². The summed E-state index contributed by atoms with van der Waals surface area (Å²) in [4.78, 5) is 51.4. The van der Waals surface area contributed by atoms with Crippen molar-refractivity contribution in [3.05, 3.63) is 105 Å². The summed E-state index contributed by atoms with van der Waals surface area (Å²) in [5.74, 6) is -1.53. The van der Waals surface area contributed by atoms with Gasteiger partial charge in [0, 0.05) is 12.3 Å². The quantitative estimate of drug-likeness (QED) is 0.327. The third-order valence-electron chi connectivity index (χ3n) is 5.34. The highest BCUT2D eigenvalue weighted by Crippen LogP contribution is 2.34. The highest BCUT2D eigenvalue weighted by atomic mass is 32.2. The van der Waals surface area contributed by atoms with Crippen molar-refractivity contribution in [1.82, 2.24) is 9.55 Å². The molecule has 4 atom stereocenters. The Bertz CT molecular complexity index is 1480. The Balaban J connectivity index is 1.68. The largest absolute Gasteiger partial charge is 0.459 e. The average molecular weight is 531 g/mol. The molecule has 37 heavy (non-hydrogen) atoms. The predicted molar refractivity (Wildman–Crippen MR) is 127 cm³/mol. The molecule has 13 heteroatoms. The number of ether oxygens (including phenoxy) is 3. The number of aromatic nitrogens is 2. The molecule has 3 aromatic rings. The van der Waals surface area contributed by atoms with E-state index in [4.69, 9.17) is 18.4 Å². The minimum atomic E-state index is -4.17. The van der Waals surface area contributed by atoms with Gasteiger partial charge in [0.2, 0.25) is 0 Å². The van der Waals surface area contributed by atoms with E-state index in [2.05, 4.69) is 0 Å². The Morgan fingerprint density at radius 3 is 2.08 bits per heavy atom. The summed E-state index contributed by atoms with van der Waals surface area (Å²) >= 11 is 0. The molecule has 0 unspecified atom stereocenters. The molecule has 1 fully saturated rings. The van der Waals surface area contributed by atoms with Crippen molar-refractivity contribution < 1.29 is 36.4 Å². The third-order valence-corrected chi connectivity index (χ3v) is 5.91. The Morgan fingerprint density at radius 1 is 0.919 bits per heavy atom. The molecule has 0 aliphatic carbocycles. The van der Waals surface area contributed by atoms with Crippen molar-refractivity contribution >= 4 is 22.1 Å². The number of carbonyl (C=O) groups excluding carboxylic acids is 2. The molecule has 1 aromatic heterocycles. The van der Waals surface area contributed by atoms with E-state index >= 15 is 0 Å². The maximum absolute atomic E-state index is 12.9. The number of carbonyl (C=O) groups is 2. The van der Waals surface area contributed by atoms with Gasteiger partial charge in [0.1, 0.15) is 12.7 Å². The smallest absolute Gasteiger partial charge is 0.338 e. The normalized spacial score (nSPS) is 21.3. The van der Waals surface area contributed by atoms with Crippen LogP contribution in [0.2, 0.25) is 0 Å². The molecule has 0 spiro atoms. The van der Waals surface area contributed by atoms with Crippen LogP contribution in [0.25, 0.3) is 0 Å². The zero-order valence-electron chi connectivity index (χ0n) is 19.4. The van der Waals surface area contributed by atoms with Crippen LogP contribution in [-0.2, 0) is 28.5 Å². The second-order valence-electron chi connectivity index (χ2n) is 8.05. The number of esters is 2. The average Bonchev–Trinajstić information content (AvgIpc) is 3.18. The number of H-pyrrole nitrogens is 1. The first-order chi connectivity index (χ1) is 17.6. The number of nitrogens with one attached hydrogen (secondary N) is 1. The molecule has 2 aromatic carbocycles. The lowest BCUT2D eigenvalue weighted by Crippen LogP contribution is -2.42. The minimum Gasteiger partial charge on any atom is -0.459 e. The summed E-state index contributed by atoms with van der Waals surface area (Å²) in [7, 11) is -4.17. The molecule has 1 saturated heterocycles. The molecule has 2 heterocycles. The Labute approximate surface area is 210 Å². The number of hydrogen-bond donors (Lipinski definition) is 1. The van der Waals surface area contributed by atoms with Crippen molar-refractivity contribution in [1.29, 1.82) is 0 Å². The number of benzene rings is 2. The van der Waals surface area contributed by atoms with Crippen LogP contribution in [0.5, 0.6) is 0 Å². The Hall–Kier alpha value is -4.07. The zero-order valence-corrected chi connectivity index (χ0v) is 20.2. The summed E-state index contributed by atoms with van der Waals surface area (Å²) in [6, 6.07) is 17.0. The number of hydrogen-bond acceptors (Lipinski definition) is 10. The van der Waals surface area contributed by atoms with Gasteiger partial charge in [-0.05, 0) is 24.3 Å². The van der Waals surface area contributed by atoms with E-state index in [1.54, 1.807) is 36.4 Å². The lowest BCUT2D eigenvalue weighted by molar-refractivity contribution is -0.0601. The van der Waals surface area contributed by atoms with Crippen molar-refractivity contribution in [2.24, 2.45) is 0 Å². The van der Waals surface area contributed by atoms with Gasteiger partial charge in [-0.25, -0.2) is 14.4 Å². The molecule has 0 amide bonds. The van der Waals surface area contributed by atoms with E-state index in [1.807, 2.05) is 4.98 Å². The highest BCUT2D eigenvalue weighted by molar-refractivity contribution is 7.86. The van der Waals surface area contributed by atoms with Gasteiger partial charge < -0.3 is 14.2 Å². The fraction of sp³-hybridized carbons (Fsp3) is 0.250. The van der Waals surface area contributed by atoms with Crippen LogP contribution in [0.4, 0.5) is 0 Å². The number of nitrogens with zero attached hydrogens (tertiary/aromatic N) is 1. The second kappa shape index (κ2) is 10.9. The van der Waals surface area contributed by atoms with E-state index in [0.29, 0.717) is 0 Å². The van der Waals surface area contributed by atoms with E-state index in [0.717, 1.165) is 23.1 Å². The number of aromatic amines is 1. The second-order valence-corrected chi connectivity index (χ2v) is 9.65. The zero-order chi connectivity index (χ0) is 26.6.